The molecule has 0 aliphatic carbocycles. The molecule has 1 amide bonds. The summed E-state index contributed by atoms with van der Waals surface area (Å²) in [5.74, 6) is -0.260. The number of hydrogen-bond acceptors (Lipinski definition) is 9. The van der Waals surface area contributed by atoms with Crippen molar-refractivity contribution in [2.24, 2.45) is 39.8 Å². The number of ether oxygens (including phenoxy) is 1. The number of allylic oxidation sites excluding steroid dienone is 1. The maximum absolute atomic E-state index is 13.7. The molecule has 0 aromatic heterocycles. The number of rotatable bonds is 10. The molecule has 1 fully saturated rings. The summed E-state index contributed by atoms with van der Waals surface area (Å²) in [6.07, 6.45) is 10.1. The number of amides is 1. The summed E-state index contributed by atoms with van der Waals surface area (Å²) in [5.41, 5.74) is 27.3. The summed E-state index contributed by atoms with van der Waals surface area (Å²) in [5, 5.41) is 6.63. The number of unbranched alkanes of at least 4 members (excludes halogenated alkanes) is 1. The van der Waals surface area contributed by atoms with Crippen LogP contribution in [-0.4, -0.2) is 74.7 Å². The molecule has 0 radical (unpaired) electrons. The van der Waals surface area contributed by atoms with E-state index in [0.29, 0.717) is 45.1 Å². The Hall–Kier alpha value is -1.98. The van der Waals surface area contributed by atoms with Crippen LogP contribution in [-0.2, 0) is 9.53 Å². The van der Waals surface area contributed by atoms with Gasteiger partial charge < -0.3 is 43.2 Å². The number of nitrogens with two attached hydrogens (primary N) is 4. The predicted octanol–water partition coefficient (Wildman–Crippen LogP) is 0.0990. The Morgan fingerprint density at radius 2 is 2.20 bits per heavy atom. The van der Waals surface area contributed by atoms with Crippen molar-refractivity contribution >= 4 is 12.1 Å². The molecular formula is C25H46N8O2. The van der Waals surface area contributed by atoms with Crippen LogP contribution in [0.15, 0.2) is 28.2 Å². The van der Waals surface area contributed by atoms with Crippen LogP contribution in [0.2, 0.25) is 0 Å². The highest BCUT2D eigenvalue weighted by Crippen LogP contribution is 2.28. The van der Waals surface area contributed by atoms with Crippen LogP contribution in [0.1, 0.15) is 51.9 Å². The molecule has 3 heterocycles. The Balaban J connectivity index is 1.79. The maximum Gasteiger partial charge on any atom is 0.232 e. The van der Waals surface area contributed by atoms with E-state index in [1.54, 1.807) is 0 Å². The number of carbonyl (C=O) groups is 1. The van der Waals surface area contributed by atoms with Gasteiger partial charge >= 0.3 is 0 Å². The SMILES string of the molecule is CCCCC1CCC(CN)=CNC(C(C(=O)NC2=C(N3CCOC(CN)C3)CC=NC2)C(N)N)C1. The fourth-order valence-electron chi connectivity index (χ4n) is 5.32. The van der Waals surface area contributed by atoms with Crippen LogP contribution in [0.5, 0.6) is 0 Å². The van der Waals surface area contributed by atoms with Gasteiger partial charge in [0.1, 0.15) is 0 Å². The largest absolute Gasteiger partial charge is 0.387 e. The lowest BCUT2D eigenvalue weighted by Crippen LogP contribution is -2.56. The molecule has 0 bridgehead atoms. The maximum atomic E-state index is 13.7. The average Bonchev–Trinajstić information content (AvgIpc) is 2.85. The summed E-state index contributed by atoms with van der Waals surface area (Å²) in [6, 6.07) is -0.167. The molecular weight excluding hydrogens is 444 g/mol. The third-order valence-electron chi connectivity index (χ3n) is 7.41. The van der Waals surface area contributed by atoms with E-state index in [1.807, 2.05) is 12.4 Å². The molecule has 3 aliphatic heterocycles. The minimum atomic E-state index is -0.797. The lowest BCUT2D eigenvalue weighted by Gasteiger charge is -2.38. The molecule has 1 saturated heterocycles. The number of nitrogens with zero attached hydrogens (tertiary/aromatic N) is 2. The lowest BCUT2D eigenvalue weighted by atomic mass is 9.82. The van der Waals surface area contributed by atoms with Crippen molar-refractivity contribution in [1.82, 2.24) is 15.5 Å². The topological polar surface area (TPSA) is 170 Å². The number of aliphatic imine (C=N–C) groups is 1. The minimum absolute atomic E-state index is 0.0139. The first kappa shape index (κ1) is 27.6. The Morgan fingerprint density at radius 1 is 1.37 bits per heavy atom. The van der Waals surface area contributed by atoms with Crippen LogP contribution >= 0.6 is 0 Å². The van der Waals surface area contributed by atoms with Crippen molar-refractivity contribution < 1.29 is 9.53 Å². The smallest absolute Gasteiger partial charge is 0.232 e. The van der Waals surface area contributed by atoms with E-state index in [4.69, 9.17) is 27.7 Å². The van der Waals surface area contributed by atoms with Gasteiger partial charge in [-0.05, 0) is 37.0 Å². The monoisotopic (exact) mass is 490 g/mol. The zero-order valence-corrected chi connectivity index (χ0v) is 21.3. The second kappa shape index (κ2) is 13.9. The normalized spacial score (nSPS) is 26.6. The van der Waals surface area contributed by atoms with Crippen LogP contribution in [0.4, 0.5) is 0 Å². The van der Waals surface area contributed by atoms with Crippen molar-refractivity contribution in [3.63, 3.8) is 0 Å². The molecule has 35 heavy (non-hydrogen) atoms. The fourth-order valence-corrected chi connectivity index (χ4v) is 5.32. The Morgan fingerprint density at radius 3 is 2.91 bits per heavy atom. The third-order valence-corrected chi connectivity index (χ3v) is 7.41. The van der Waals surface area contributed by atoms with Crippen molar-refractivity contribution in [3.8, 4) is 0 Å². The molecule has 0 aromatic carbocycles. The number of morpholine rings is 1. The molecule has 198 valence electrons. The molecule has 10 N–H and O–H groups in total. The van der Waals surface area contributed by atoms with Gasteiger partial charge in [0.25, 0.3) is 0 Å². The quantitative estimate of drug-likeness (QED) is 0.234. The predicted molar refractivity (Wildman–Crippen MR) is 140 cm³/mol. The van der Waals surface area contributed by atoms with Crippen LogP contribution in [0.25, 0.3) is 0 Å². The number of hydrogen-bond donors (Lipinski definition) is 6. The molecule has 4 atom stereocenters. The highest BCUT2D eigenvalue weighted by molar-refractivity contribution is 5.82. The molecule has 0 aromatic rings. The zero-order chi connectivity index (χ0) is 25.2. The molecule has 0 spiro atoms. The standard InChI is InChI=1S/C25H46N8O2/c1-2-3-4-17-5-6-18(12-26)14-31-20(11-17)23(24(28)29)25(34)32-21-15-30-8-7-22(21)33-9-10-35-19(13-27)16-33/h8,14,17,19-20,23-24,31H,2-7,9-13,15-16,26-29H2,1H3,(H,32,34). The molecule has 3 rings (SSSR count). The lowest BCUT2D eigenvalue weighted by molar-refractivity contribution is -0.126. The van der Waals surface area contributed by atoms with E-state index in [-0.39, 0.29) is 18.1 Å². The van der Waals surface area contributed by atoms with Gasteiger partial charge in [-0.25, -0.2) is 0 Å². The summed E-state index contributed by atoms with van der Waals surface area (Å²) in [4.78, 5) is 20.3. The molecule has 10 heteroatoms. The van der Waals surface area contributed by atoms with E-state index < -0.39 is 12.1 Å². The van der Waals surface area contributed by atoms with Crippen molar-refractivity contribution in [2.75, 3.05) is 39.3 Å². The van der Waals surface area contributed by atoms with Gasteiger partial charge in [0.2, 0.25) is 5.91 Å². The van der Waals surface area contributed by atoms with Crippen LogP contribution in [0.3, 0.4) is 0 Å². The van der Waals surface area contributed by atoms with E-state index in [0.717, 1.165) is 55.6 Å². The molecule has 4 unspecified atom stereocenters. The third kappa shape index (κ3) is 7.75. The van der Waals surface area contributed by atoms with Crippen molar-refractivity contribution in [3.05, 3.63) is 23.2 Å². The number of nitrogens with one attached hydrogen (secondary N) is 2. The summed E-state index contributed by atoms with van der Waals surface area (Å²) >= 11 is 0. The molecule has 3 aliphatic rings. The Labute approximate surface area is 209 Å². The second-order valence-electron chi connectivity index (χ2n) is 9.98. The first-order valence-electron chi connectivity index (χ1n) is 13.2. The summed E-state index contributed by atoms with van der Waals surface area (Å²) in [7, 11) is 0. The van der Waals surface area contributed by atoms with Gasteiger partial charge in [0.15, 0.2) is 0 Å². The Bertz CT molecular complexity index is 781. The van der Waals surface area contributed by atoms with Crippen molar-refractivity contribution in [1.29, 1.82) is 0 Å². The van der Waals surface area contributed by atoms with E-state index in [9.17, 15) is 4.79 Å². The van der Waals surface area contributed by atoms with Gasteiger partial charge in [0, 0.05) is 50.6 Å². The van der Waals surface area contributed by atoms with E-state index in [2.05, 4.69) is 27.4 Å². The first-order chi connectivity index (χ1) is 17.0. The summed E-state index contributed by atoms with van der Waals surface area (Å²) < 4.78 is 5.73. The fraction of sp³-hybridized carbons (Fsp3) is 0.760. The first-order valence-corrected chi connectivity index (χ1v) is 13.2. The average molecular weight is 491 g/mol. The second-order valence-corrected chi connectivity index (χ2v) is 9.98. The number of dihydropyridines is 1. The van der Waals surface area contributed by atoms with Gasteiger partial charge in [-0.3, -0.25) is 9.79 Å². The zero-order valence-electron chi connectivity index (χ0n) is 21.3. The van der Waals surface area contributed by atoms with Gasteiger partial charge in [-0.2, -0.15) is 0 Å². The van der Waals surface area contributed by atoms with E-state index >= 15 is 0 Å². The van der Waals surface area contributed by atoms with Crippen LogP contribution < -0.4 is 33.6 Å². The van der Waals surface area contributed by atoms with Crippen LogP contribution in [0, 0.1) is 11.8 Å². The highest BCUT2D eigenvalue weighted by Gasteiger charge is 2.35. The van der Waals surface area contributed by atoms with Gasteiger partial charge in [0.05, 0.1) is 37.0 Å². The Kier molecular flexibility index (Phi) is 11.0. The number of carbonyl (C=O) groups excluding carboxylic acids is 1. The molecule has 10 nitrogen and oxygen atoms in total. The highest BCUT2D eigenvalue weighted by atomic mass is 16.5. The minimum Gasteiger partial charge on any atom is -0.387 e. The van der Waals surface area contributed by atoms with Crippen molar-refractivity contribution in [2.45, 2.75) is 70.2 Å². The van der Waals surface area contributed by atoms with Gasteiger partial charge in [-0.1, -0.05) is 26.2 Å². The summed E-state index contributed by atoms with van der Waals surface area (Å²) in [6.45, 7) is 5.67. The van der Waals surface area contributed by atoms with Gasteiger partial charge in [-0.15, -0.1) is 0 Å². The molecule has 0 saturated carbocycles. The van der Waals surface area contributed by atoms with E-state index in [1.165, 1.54) is 6.42 Å².